The number of rotatable bonds is 3. The summed E-state index contributed by atoms with van der Waals surface area (Å²) in [6.07, 6.45) is 4.55. The maximum absolute atomic E-state index is 13.7. The topological polar surface area (TPSA) is 78.1 Å². The van der Waals surface area contributed by atoms with E-state index in [2.05, 4.69) is 15.3 Å². The number of likely N-dealkylation sites (tertiary alicyclic amines) is 1. The fourth-order valence-corrected chi connectivity index (χ4v) is 3.60. The van der Waals surface area contributed by atoms with Gasteiger partial charge in [0.05, 0.1) is 5.52 Å². The smallest absolute Gasteiger partial charge is 0.287 e. The van der Waals surface area contributed by atoms with Crippen LogP contribution in [0.3, 0.4) is 0 Å². The minimum atomic E-state index is -1.11. The van der Waals surface area contributed by atoms with Crippen LogP contribution in [-0.4, -0.2) is 45.8 Å². The number of nitrogens with zero attached hydrogens (tertiary/aromatic N) is 2. The molecule has 1 aromatic carbocycles. The third-order valence-corrected chi connectivity index (χ3v) is 5.57. The van der Waals surface area contributed by atoms with Crippen LogP contribution in [0.1, 0.15) is 43.2 Å². The van der Waals surface area contributed by atoms with Gasteiger partial charge in [-0.05, 0) is 50.2 Å². The summed E-state index contributed by atoms with van der Waals surface area (Å²) in [6.45, 7) is 3.05. The van der Waals surface area contributed by atoms with Gasteiger partial charge in [0.15, 0.2) is 17.5 Å². The van der Waals surface area contributed by atoms with Crippen LogP contribution < -0.4 is 5.32 Å². The van der Waals surface area contributed by atoms with Crippen molar-refractivity contribution < 1.29 is 18.4 Å². The highest BCUT2D eigenvalue weighted by Gasteiger charge is 2.45. The standard InChI is InChI=1S/C18H20F2N4O2/c1-10(17(26)24-8-6-18(4-5-18)7-9-24)21-16(25)15-22-12-3-2-11(19)13(20)14(12)23-15/h2-3,10H,4-9H2,1H3,(H,21,25)(H,22,23)/t10-/m0/s1. The summed E-state index contributed by atoms with van der Waals surface area (Å²) < 4.78 is 27.0. The Bertz CT molecular complexity index is 881. The van der Waals surface area contributed by atoms with Crippen molar-refractivity contribution in [3.05, 3.63) is 29.6 Å². The van der Waals surface area contributed by atoms with Crippen molar-refractivity contribution in [2.75, 3.05) is 13.1 Å². The molecule has 1 atom stereocenters. The quantitative estimate of drug-likeness (QED) is 0.880. The fourth-order valence-electron chi connectivity index (χ4n) is 3.60. The number of benzene rings is 1. The number of amides is 2. The maximum Gasteiger partial charge on any atom is 0.287 e. The minimum absolute atomic E-state index is 0.137. The van der Waals surface area contributed by atoms with E-state index in [1.54, 1.807) is 11.8 Å². The number of H-pyrrole nitrogens is 1. The zero-order valence-electron chi connectivity index (χ0n) is 14.4. The van der Waals surface area contributed by atoms with Gasteiger partial charge in [0, 0.05) is 13.1 Å². The van der Waals surface area contributed by atoms with Gasteiger partial charge in [-0.2, -0.15) is 0 Å². The van der Waals surface area contributed by atoms with Crippen molar-refractivity contribution in [1.29, 1.82) is 0 Å². The Morgan fingerprint density at radius 2 is 1.92 bits per heavy atom. The Kier molecular flexibility index (Phi) is 3.93. The van der Waals surface area contributed by atoms with Crippen molar-refractivity contribution in [2.45, 2.75) is 38.6 Å². The molecule has 6 nitrogen and oxygen atoms in total. The lowest BCUT2D eigenvalue weighted by atomic mass is 9.93. The number of carbonyl (C=O) groups excluding carboxylic acids is 2. The van der Waals surface area contributed by atoms with Crippen LogP contribution in [0, 0.1) is 17.0 Å². The number of halogens is 2. The van der Waals surface area contributed by atoms with Crippen molar-refractivity contribution >= 4 is 22.8 Å². The number of imidazole rings is 1. The first kappa shape index (κ1) is 16.9. The molecule has 4 rings (SSSR count). The molecule has 1 aliphatic carbocycles. The predicted octanol–water partition coefficient (Wildman–Crippen LogP) is 2.36. The second-order valence-electron chi connectivity index (χ2n) is 7.36. The van der Waals surface area contributed by atoms with E-state index < -0.39 is 23.6 Å². The largest absolute Gasteiger partial charge is 0.341 e. The number of aromatic nitrogens is 2. The van der Waals surface area contributed by atoms with Crippen LogP contribution in [0.5, 0.6) is 0 Å². The van der Waals surface area contributed by atoms with Gasteiger partial charge in [0.1, 0.15) is 11.6 Å². The van der Waals surface area contributed by atoms with Crippen molar-refractivity contribution in [2.24, 2.45) is 5.41 Å². The van der Waals surface area contributed by atoms with Crippen LogP contribution in [0.2, 0.25) is 0 Å². The van der Waals surface area contributed by atoms with E-state index in [1.807, 2.05) is 0 Å². The molecule has 8 heteroatoms. The van der Waals surface area contributed by atoms with E-state index >= 15 is 0 Å². The first-order chi connectivity index (χ1) is 12.4. The van der Waals surface area contributed by atoms with Crippen LogP contribution in [0.4, 0.5) is 8.78 Å². The first-order valence-electron chi connectivity index (χ1n) is 8.82. The Morgan fingerprint density at radius 3 is 2.58 bits per heavy atom. The lowest BCUT2D eigenvalue weighted by Crippen LogP contribution is -2.49. The average molecular weight is 362 g/mol. The van der Waals surface area contributed by atoms with E-state index in [0.717, 1.165) is 18.9 Å². The molecule has 1 saturated carbocycles. The first-order valence-corrected chi connectivity index (χ1v) is 8.82. The van der Waals surface area contributed by atoms with E-state index in [9.17, 15) is 18.4 Å². The molecule has 2 aromatic rings. The summed E-state index contributed by atoms with van der Waals surface area (Å²) >= 11 is 0. The molecule has 1 aromatic heterocycles. The Morgan fingerprint density at radius 1 is 1.23 bits per heavy atom. The monoisotopic (exact) mass is 362 g/mol. The molecule has 2 heterocycles. The highest BCUT2D eigenvalue weighted by atomic mass is 19.2. The zero-order chi connectivity index (χ0) is 18.5. The normalized spacial score (nSPS) is 19.6. The minimum Gasteiger partial charge on any atom is -0.341 e. The van der Waals surface area contributed by atoms with Crippen LogP contribution in [0.25, 0.3) is 11.0 Å². The number of hydrogen-bond donors (Lipinski definition) is 2. The second-order valence-corrected chi connectivity index (χ2v) is 7.36. The van der Waals surface area contributed by atoms with Gasteiger partial charge in [0.2, 0.25) is 5.91 Å². The van der Waals surface area contributed by atoms with Gasteiger partial charge in [-0.15, -0.1) is 0 Å². The summed E-state index contributed by atoms with van der Waals surface area (Å²) in [5, 5.41) is 2.58. The number of aromatic amines is 1. The molecule has 0 radical (unpaired) electrons. The number of hydrogen-bond acceptors (Lipinski definition) is 3. The van der Waals surface area contributed by atoms with Crippen LogP contribution in [0.15, 0.2) is 12.1 Å². The van der Waals surface area contributed by atoms with Crippen LogP contribution in [-0.2, 0) is 4.79 Å². The number of nitrogens with one attached hydrogen (secondary N) is 2. The molecule has 138 valence electrons. The molecule has 0 bridgehead atoms. The van der Waals surface area contributed by atoms with Crippen molar-refractivity contribution in [1.82, 2.24) is 20.2 Å². The van der Waals surface area contributed by atoms with E-state index in [0.29, 0.717) is 18.5 Å². The second kappa shape index (κ2) is 6.03. The van der Waals surface area contributed by atoms with Gasteiger partial charge >= 0.3 is 0 Å². The third kappa shape index (κ3) is 2.93. The van der Waals surface area contributed by atoms with Gasteiger partial charge < -0.3 is 15.2 Å². The van der Waals surface area contributed by atoms with E-state index in [1.165, 1.54) is 18.9 Å². The molecule has 0 unspecified atom stereocenters. The molecule has 2 aliphatic rings. The molecule has 26 heavy (non-hydrogen) atoms. The summed E-state index contributed by atoms with van der Waals surface area (Å²) in [5.74, 6) is -3.05. The number of piperidine rings is 1. The fraction of sp³-hybridized carbons (Fsp3) is 0.500. The average Bonchev–Trinajstić information content (AvgIpc) is 3.23. The highest BCUT2D eigenvalue weighted by molar-refractivity contribution is 5.97. The SMILES string of the molecule is C[C@H](NC(=O)c1nc2c(F)c(F)ccc2[nH]1)C(=O)N1CCC2(CC1)CC2. The zero-order valence-corrected chi connectivity index (χ0v) is 14.4. The summed E-state index contributed by atoms with van der Waals surface area (Å²) in [6, 6.07) is 1.56. The molecule has 2 amide bonds. The molecule has 2 fully saturated rings. The van der Waals surface area contributed by atoms with Gasteiger partial charge in [-0.25, -0.2) is 13.8 Å². The molecule has 1 spiro atoms. The lowest BCUT2D eigenvalue weighted by molar-refractivity contribution is -0.134. The Labute approximate surface area is 149 Å². The van der Waals surface area contributed by atoms with Crippen molar-refractivity contribution in [3.63, 3.8) is 0 Å². The molecule has 1 aliphatic heterocycles. The third-order valence-electron chi connectivity index (χ3n) is 5.57. The summed E-state index contributed by atoms with van der Waals surface area (Å²) in [4.78, 5) is 33.1. The Hall–Kier alpha value is -2.51. The van der Waals surface area contributed by atoms with Gasteiger partial charge in [0.25, 0.3) is 5.91 Å². The molecule has 2 N–H and O–H groups in total. The van der Waals surface area contributed by atoms with E-state index in [-0.39, 0.29) is 22.8 Å². The summed E-state index contributed by atoms with van der Waals surface area (Å²) in [7, 11) is 0. The van der Waals surface area contributed by atoms with Gasteiger partial charge in [-0.1, -0.05) is 0 Å². The number of fused-ring (bicyclic) bond motifs is 1. The van der Waals surface area contributed by atoms with E-state index in [4.69, 9.17) is 0 Å². The molecular weight excluding hydrogens is 342 g/mol. The molecular formula is C18H20F2N4O2. The summed E-state index contributed by atoms with van der Waals surface area (Å²) in [5.41, 5.74) is 0.454. The highest BCUT2D eigenvalue weighted by Crippen LogP contribution is 2.53. The van der Waals surface area contributed by atoms with Gasteiger partial charge in [-0.3, -0.25) is 9.59 Å². The van der Waals surface area contributed by atoms with Crippen LogP contribution >= 0.6 is 0 Å². The number of carbonyl (C=O) groups is 2. The maximum atomic E-state index is 13.7. The predicted molar refractivity (Wildman–Crippen MR) is 90.4 cm³/mol. The Balaban J connectivity index is 1.42. The van der Waals surface area contributed by atoms with Crippen molar-refractivity contribution in [3.8, 4) is 0 Å². The molecule has 1 saturated heterocycles. The lowest BCUT2D eigenvalue weighted by Gasteiger charge is -2.33.